The van der Waals surface area contributed by atoms with Gasteiger partial charge in [-0.05, 0) is 31.0 Å². The Kier molecular flexibility index (Phi) is 3.98. The Balaban J connectivity index is 1.80. The maximum Gasteiger partial charge on any atom is 0.290 e. The molecule has 0 bridgehead atoms. The van der Waals surface area contributed by atoms with Crippen LogP contribution >= 0.6 is 11.3 Å². The molecule has 2 heterocycles. The van der Waals surface area contributed by atoms with Crippen molar-refractivity contribution in [2.24, 2.45) is 0 Å². The fraction of sp³-hybridized carbons (Fsp3) is 0.143. The third-order valence-electron chi connectivity index (χ3n) is 4.34. The zero-order valence-corrected chi connectivity index (χ0v) is 15.0. The lowest BCUT2D eigenvalue weighted by atomic mass is 10.1. The van der Waals surface area contributed by atoms with Crippen LogP contribution in [0.2, 0.25) is 0 Å². The zero-order chi connectivity index (χ0) is 17.4. The highest BCUT2D eigenvalue weighted by atomic mass is 32.1. The van der Waals surface area contributed by atoms with Crippen LogP contribution in [0.25, 0.3) is 20.7 Å². The molecule has 0 aliphatic rings. The van der Waals surface area contributed by atoms with E-state index in [0.29, 0.717) is 11.2 Å². The average molecular weight is 346 g/mol. The molecule has 25 heavy (non-hydrogen) atoms. The maximum absolute atomic E-state index is 12.2. The van der Waals surface area contributed by atoms with E-state index in [-0.39, 0.29) is 5.56 Å². The van der Waals surface area contributed by atoms with Gasteiger partial charge < -0.3 is 4.57 Å². The zero-order valence-electron chi connectivity index (χ0n) is 14.2. The van der Waals surface area contributed by atoms with Crippen molar-refractivity contribution in [3.8, 4) is 10.4 Å². The van der Waals surface area contributed by atoms with Gasteiger partial charge >= 0.3 is 0 Å². The van der Waals surface area contributed by atoms with E-state index in [2.05, 4.69) is 78.0 Å². The predicted octanol–water partition coefficient (Wildman–Crippen LogP) is 4.79. The Morgan fingerprint density at radius 3 is 2.28 bits per heavy atom. The number of aryl methyl sites for hydroxylation is 2. The second-order valence-corrected chi connectivity index (χ2v) is 7.41. The Morgan fingerprint density at radius 1 is 0.960 bits per heavy atom. The summed E-state index contributed by atoms with van der Waals surface area (Å²) in [6.07, 6.45) is 1.65. The first-order valence-corrected chi connectivity index (χ1v) is 9.03. The van der Waals surface area contributed by atoms with Gasteiger partial charge in [0.25, 0.3) is 5.56 Å². The molecule has 4 rings (SSSR count). The molecule has 0 saturated carbocycles. The minimum absolute atomic E-state index is 0.154. The Morgan fingerprint density at radius 2 is 1.60 bits per heavy atom. The summed E-state index contributed by atoms with van der Waals surface area (Å²) < 4.78 is 2.76. The summed E-state index contributed by atoms with van der Waals surface area (Å²) >= 11 is 1.51. The lowest BCUT2D eigenvalue weighted by Gasteiger charge is -2.07. The van der Waals surface area contributed by atoms with E-state index in [1.165, 1.54) is 28.0 Å². The van der Waals surface area contributed by atoms with Crippen LogP contribution in [-0.2, 0) is 6.54 Å². The molecule has 2 aromatic heterocycles. The molecule has 4 heteroatoms. The number of fused-ring (bicyclic) bond motifs is 1. The van der Waals surface area contributed by atoms with E-state index in [0.717, 1.165) is 16.0 Å². The molecular weight excluding hydrogens is 328 g/mol. The van der Waals surface area contributed by atoms with Crippen LogP contribution in [0.1, 0.15) is 16.7 Å². The van der Waals surface area contributed by atoms with Crippen LogP contribution in [0.5, 0.6) is 0 Å². The van der Waals surface area contributed by atoms with Crippen molar-refractivity contribution in [1.29, 1.82) is 0 Å². The molecule has 0 amide bonds. The Labute approximate surface area is 150 Å². The summed E-state index contributed by atoms with van der Waals surface area (Å²) in [4.78, 5) is 17.4. The minimum Gasteiger partial charge on any atom is -0.326 e. The van der Waals surface area contributed by atoms with Crippen molar-refractivity contribution in [3.63, 3.8) is 0 Å². The molecule has 3 nitrogen and oxygen atoms in total. The van der Waals surface area contributed by atoms with Crippen LogP contribution < -0.4 is 5.56 Å². The number of hydrogen-bond donors (Lipinski definition) is 0. The molecule has 0 aliphatic heterocycles. The molecular formula is C21H18N2OS. The van der Waals surface area contributed by atoms with Crippen molar-refractivity contribution in [2.45, 2.75) is 20.4 Å². The largest absolute Gasteiger partial charge is 0.326 e. The molecule has 0 atom stereocenters. The normalized spacial score (nSPS) is 11.1. The summed E-state index contributed by atoms with van der Waals surface area (Å²) in [5.41, 5.74) is 5.59. The molecule has 0 fully saturated rings. The second-order valence-electron chi connectivity index (χ2n) is 6.35. The molecule has 0 spiro atoms. The third kappa shape index (κ3) is 3.13. The van der Waals surface area contributed by atoms with Crippen molar-refractivity contribution in [2.75, 3.05) is 0 Å². The van der Waals surface area contributed by atoms with Crippen LogP contribution in [0.4, 0.5) is 0 Å². The predicted molar refractivity (Wildman–Crippen MR) is 104 cm³/mol. The molecule has 4 aromatic rings. The first-order valence-electron chi connectivity index (χ1n) is 8.22. The fourth-order valence-electron chi connectivity index (χ4n) is 2.87. The summed E-state index contributed by atoms with van der Waals surface area (Å²) in [7, 11) is 0. The smallest absolute Gasteiger partial charge is 0.290 e. The van der Waals surface area contributed by atoms with Gasteiger partial charge in [-0.25, -0.2) is 0 Å². The van der Waals surface area contributed by atoms with E-state index in [4.69, 9.17) is 0 Å². The van der Waals surface area contributed by atoms with Gasteiger partial charge in [0, 0.05) is 11.4 Å². The highest BCUT2D eigenvalue weighted by Gasteiger charge is 2.11. The fourth-order valence-corrected chi connectivity index (χ4v) is 3.93. The maximum atomic E-state index is 12.2. The number of nitrogens with zero attached hydrogens (tertiary/aromatic N) is 2. The van der Waals surface area contributed by atoms with Gasteiger partial charge in [-0.1, -0.05) is 59.7 Å². The lowest BCUT2D eigenvalue weighted by molar-refractivity contribution is 0.799. The van der Waals surface area contributed by atoms with Crippen molar-refractivity contribution < 1.29 is 0 Å². The number of hydrogen-bond acceptors (Lipinski definition) is 3. The molecule has 2 aromatic carbocycles. The average Bonchev–Trinajstić information content (AvgIpc) is 3.06. The minimum atomic E-state index is -0.154. The SMILES string of the molecule is Cc1ccc(Cn2cnc(=O)c3sc(-c4ccc(C)cc4)cc32)cc1. The van der Waals surface area contributed by atoms with Crippen molar-refractivity contribution >= 4 is 21.6 Å². The third-order valence-corrected chi connectivity index (χ3v) is 5.50. The van der Waals surface area contributed by atoms with E-state index >= 15 is 0 Å². The van der Waals surface area contributed by atoms with Gasteiger partial charge in [0.2, 0.25) is 0 Å². The van der Waals surface area contributed by atoms with Crippen molar-refractivity contribution in [3.05, 3.63) is 88.0 Å². The van der Waals surface area contributed by atoms with Crippen molar-refractivity contribution in [1.82, 2.24) is 9.55 Å². The number of aromatic nitrogens is 2. The molecule has 0 unspecified atom stereocenters. The quantitative estimate of drug-likeness (QED) is 0.534. The highest BCUT2D eigenvalue weighted by Crippen LogP contribution is 2.31. The van der Waals surface area contributed by atoms with Crippen LogP contribution in [0.3, 0.4) is 0 Å². The summed E-state index contributed by atoms with van der Waals surface area (Å²) in [6.45, 7) is 4.85. The standard InChI is InChI=1S/C21H18N2OS/c1-14-3-7-16(8-4-14)12-23-13-22-21(24)20-18(23)11-19(25-20)17-9-5-15(2)6-10-17/h3-11,13H,12H2,1-2H3. The first kappa shape index (κ1) is 15.8. The molecule has 0 saturated heterocycles. The molecule has 0 N–H and O–H groups in total. The van der Waals surface area contributed by atoms with E-state index in [1.54, 1.807) is 6.33 Å². The summed E-state index contributed by atoms with van der Waals surface area (Å²) in [5.74, 6) is 0. The number of rotatable bonds is 3. The van der Waals surface area contributed by atoms with Crippen LogP contribution in [0, 0.1) is 13.8 Å². The Hall–Kier alpha value is -2.72. The Bertz CT molecular complexity index is 1090. The molecule has 124 valence electrons. The van der Waals surface area contributed by atoms with Gasteiger partial charge in [-0.15, -0.1) is 11.3 Å². The highest BCUT2D eigenvalue weighted by molar-refractivity contribution is 7.22. The van der Waals surface area contributed by atoms with E-state index < -0.39 is 0 Å². The summed E-state index contributed by atoms with van der Waals surface area (Å²) in [5, 5.41) is 0. The number of benzene rings is 2. The van der Waals surface area contributed by atoms with E-state index in [1.807, 2.05) is 0 Å². The monoisotopic (exact) mass is 346 g/mol. The second kappa shape index (κ2) is 6.30. The van der Waals surface area contributed by atoms with Gasteiger partial charge in [0.05, 0.1) is 11.8 Å². The molecule has 0 aliphatic carbocycles. The van der Waals surface area contributed by atoms with Gasteiger partial charge in [0.1, 0.15) is 4.70 Å². The summed E-state index contributed by atoms with van der Waals surface area (Å²) in [6, 6.07) is 18.9. The molecule has 0 radical (unpaired) electrons. The van der Waals surface area contributed by atoms with Gasteiger partial charge in [0.15, 0.2) is 0 Å². The number of thiophene rings is 1. The first-order chi connectivity index (χ1) is 12.1. The van der Waals surface area contributed by atoms with Gasteiger partial charge in [-0.3, -0.25) is 4.79 Å². The van der Waals surface area contributed by atoms with Crippen LogP contribution in [0.15, 0.2) is 65.7 Å². The van der Waals surface area contributed by atoms with E-state index in [9.17, 15) is 4.79 Å². The topological polar surface area (TPSA) is 34.9 Å². The van der Waals surface area contributed by atoms with Gasteiger partial charge in [-0.2, -0.15) is 4.98 Å². The lowest BCUT2D eigenvalue weighted by Crippen LogP contribution is -2.11. The van der Waals surface area contributed by atoms with Crippen LogP contribution in [-0.4, -0.2) is 9.55 Å².